The molecule has 1 heterocycles. The number of nitrogens with one attached hydrogen (secondary N) is 2. The summed E-state index contributed by atoms with van der Waals surface area (Å²) in [6, 6.07) is 6.50. The van der Waals surface area contributed by atoms with Crippen LogP contribution in [0.1, 0.15) is 63.0 Å². The molecule has 1 aliphatic heterocycles. The van der Waals surface area contributed by atoms with Crippen molar-refractivity contribution in [2.75, 3.05) is 6.54 Å². The number of urea groups is 1. The predicted molar refractivity (Wildman–Crippen MR) is 105 cm³/mol. The lowest BCUT2D eigenvalue weighted by molar-refractivity contribution is -0.138. The third kappa shape index (κ3) is 3.19. The number of carbonyl (C=O) groups excluding carboxylic acids is 3. The molecule has 1 aromatic carbocycles. The number of nitrogens with zero attached hydrogens (tertiary/aromatic N) is 1. The van der Waals surface area contributed by atoms with Gasteiger partial charge >= 0.3 is 6.03 Å². The lowest BCUT2D eigenvalue weighted by Crippen LogP contribution is -2.51. The van der Waals surface area contributed by atoms with Gasteiger partial charge in [0.15, 0.2) is 0 Å². The van der Waals surface area contributed by atoms with Crippen molar-refractivity contribution in [2.45, 2.75) is 69.9 Å². The molecular weight excluding hydrogens is 354 g/mol. The van der Waals surface area contributed by atoms with Gasteiger partial charge in [-0.25, -0.2) is 9.69 Å². The van der Waals surface area contributed by atoms with E-state index in [9.17, 15) is 14.4 Å². The minimum Gasteiger partial charge on any atom is -0.354 e. The first-order chi connectivity index (χ1) is 13.5. The number of amides is 4. The Kier molecular flexibility index (Phi) is 5.13. The first-order valence-corrected chi connectivity index (χ1v) is 10.5. The van der Waals surface area contributed by atoms with Crippen LogP contribution in [0.3, 0.4) is 0 Å². The Morgan fingerprint density at radius 2 is 1.96 bits per heavy atom. The molecule has 1 saturated heterocycles. The zero-order valence-electron chi connectivity index (χ0n) is 16.5. The van der Waals surface area contributed by atoms with E-state index in [2.05, 4.69) is 10.6 Å². The Morgan fingerprint density at radius 3 is 2.75 bits per heavy atom. The van der Waals surface area contributed by atoms with Gasteiger partial charge in [0.05, 0.1) is 0 Å². The summed E-state index contributed by atoms with van der Waals surface area (Å²) in [6.07, 6.45) is 8.28. The maximum absolute atomic E-state index is 13.4. The van der Waals surface area contributed by atoms with Crippen LogP contribution in [0, 0.1) is 5.92 Å². The van der Waals surface area contributed by atoms with E-state index in [1.165, 1.54) is 19.3 Å². The highest BCUT2D eigenvalue weighted by Crippen LogP contribution is 2.40. The van der Waals surface area contributed by atoms with Crippen LogP contribution < -0.4 is 10.6 Å². The summed E-state index contributed by atoms with van der Waals surface area (Å²) < 4.78 is 0. The fourth-order valence-corrected chi connectivity index (χ4v) is 5.03. The van der Waals surface area contributed by atoms with Gasteiger partial charge in [0, 0.05) is 6.54 Å². The zero-order chi connectivity index (χ0) is 19.7. The minimum atomic E-state index is -1.02. The molecule has 28 heavy (non-hydrogen) atoms. The zero-order valence-corrected chi connectivity index (χ0v) is 16.5. The van der Waals surface area contributed by atoms with Crippen molar-refractivity contribution in [3.63, 3.8) is 0 Å². The Balaban J connectivity index is 1.49. The maximum Gasteiger partial charge on any atom is 0.326 e. The van der Waals surface area contributed by atoms with Crippen molar-refractivity contribution >= 4 is 17.8 Å². The van der Waals surface area contributed by atoms with Crippen LogP contribution in [0.25, 0.3) is 0 Å². The van der Waals surface area contributed by atoms with Gasteiger partial charge in [-0.2, -0.15) is 0 Å². The number of hydrogen-bond donors (Lipinski definition) is 2. The Morgan fingerprint density at radius 1 is 1.21 bits per heavy atom. The average molecular weight is 383 g/mol. The molecular formula is C22H29N3O3. The number of benzene rings is 1. The van der Waals surface area contributed by atoms with Crippen molar-refractivity contribution in [3.05, 3.63) is 35.4 Å². The van der Waals surface area contributed by atoms with Crippen molar-refractivity contribution < 1.29 is 14.4 Å². The third-order valence-electron chi connectivity index (χ3n) is 6.65. The van der Waals surface area contributed by atoms with Gasteiger partial charge < -0.3 is 10.6 Å². The molecule has 150 valence electrons. The van der Waals surface area contributed by atoms with Gasteiger partial charge in [-0.3, -0.25) is 9.59 Å². The molecule has 4 rings (SSSR count). The van der Waals surface area contributed by atoms with Gasteiger partial charge in [0.25, 0.3) is 5.91 Å². The molecule has 0 unspecified atom stereocenters. The molecule has 0 bridgehead atoms. The van der Waals surface area contributed by atoms with Crippen LogP contribution in [0.15, 0.2) is 24.3 Å². The smallest absolute Gasteiger partial charge is 0.326 e. The maximum atomic E-state index is 13.4. The van der Waals surface area contributed by atoms with Crippen molar-refractivity contribution in [1.29, 1.82) is 0 Å². The lowest BCUT2D eigenvalue weighted by atomic mass is 9.76. The number of carbonyl (C=O) groups is 3. The van der Waals surface area contributed by atoms with Gasteiger partial charge in [0.1, 0.15) is 11.6 Å². The van der Waals surface area contributed by atoms with Crippen LogP contribution in [0.4, 0.5) is 4.79 Å². The highest BCUT2D eigenvalue weighted by Gasteiger charge is 2.55. The van der Waals surface area contributed by atoms with Crippen molar-refractivity contribution in [1.82, 2.24) is 15.5 Å². The number of imide groups is 1. The Hall–Kier alpha value is -2.37. The third-order valence-corrected chi connectivity index (χ3v) is 6.65. The fourth-order valence-electron chi connectivity index (χ4n) is 5.03. The molecule has 2 N–H and O–H groups in total. The normalized spacial score (nSPS) is 26.1. The number of rotatable bonds is 4. The second-order valence-corrected chi connectivity index (χ2v) is 8.45. The summed E-state index contributed by atoms with van der Waals surface area (Å²) in [5, 5.41) is 5.89. The summed E-state index contributed by atoms with van der Waals surface area (Å²) in [5.74, 6) is -0.0512. The van der Waals surface area contributed by atoms with Crippen molar-refractivity contribution in [3.8, 4) is 0 Å². The first kappa shape index (κ1) is 19.0. The van der Waals surface area contributed by atoms with Gasteiger partial charge in [-0.1, -0.05) is 43.5 Å². The quantitative estimate of drug-likeness (QED) is 0.785. The molecule has 2 aliphatic carbocycles. The summed E-state index contributed by atoms with van der Waals surface area (Å²) in [6.45, 7) is 2.27. The molecule has 1 spiro atoms. The van der Waals surface area contributed by atoms with E-state index in [1.807, 2.05) is 24.3 Å². The number of fused-ring (bicyclic) bond motifs is 2. The highest BCUT2D eigenvalue weighted by molar-refractivity contribution is 6.10. The minimum absolute atomic E-state index is 0.254. The summed E-state index contributed by atoms with van der Waals surface area (Å²) in [7, 11) is 0. The van der Waals surface area contributed by atoms with Gasteiger partial charge in [-0.05, 0) is 56.1 Å². The van der Waals surface area contributed by atoms with E-state index < -0.39 is 17.6 Å². The monoisotopic (exact) mass is 383 g/mol. The molecule has 1 saturated carbocycles. The molecule has 0 aromatic heterocycles. The molecule has 1 aromatic rings. The second kappa shape index (κ2) is 7.57. The lowest BCUT2D eigenvalue weighted by Gasteiger charge is -2.33. The van der Waals surface area contributed by atoms with Crippen molar-refractivity contribution in [2.24, 2.45) is 5.92 Å². The molecule has 4 amide bonds. The van der Waals surface area contributed by atoms with Crippen LogP contribution in [-0.4, -0.2) is 35.3 Å². The molecule has 2 atom stereocenters. The largest absolute Gasteiger partial charge is 0.354 e. The SMILES string of the molecule is C[C@H](C(=O)NCC1CCCCC1)N1C(=O)N[C@]2(CCCc3ccccc32)C1=O. The Labute approximate surface area is 166 Å². The fraction of sp³-hybridized carbons (Fsp3) is 0.591. The van der Waals surface area contributed by atoms with Crippen LogP contribution in [0.5, 0.6) is 0 Å². The van der Waals surface area contributed by atoms with E-state index in [1.54, 1.807) is 6.92 Å². The molecule has 6 nitrogen and oxygen atoms in total. The summed E-state index contributed by atoms with van der Waals surface area (Å²) in [4.78, 5) is 39.9. The molecule has 0 radical (unpaired) electrons. The standard InChI is InChI=1S/C22H29N3O3/c1-15(19(26)23-14-16-8-3-2-4-9-16)25-20(27)22(24-21(25)28)13-7-11-17-10-5-6-12-18(17)22/h5-6,10,12,15-16H,2-4,7-9,11,13-14H2,1H3,(H,23,26)(H,24,28)/t15-,22+/m1/s1. The van der Waals surface area contributed by atoms with E-state index in [-0.39, 0.29) is 11.8 Å². The van der Waals surface area contributed by atoms with E-state index in [4.69, 9.17) is 0 Å². The average Bonchev–Trinajstić information content (AvgIpc) is 2.97. The first-order valence-electron chi connectivity index (χ1n) is 10.5. The number of hydrogen-bond acceptors (Lipinski definition) is 3. The summed E-state index contributed by atoms with van der Waals surface area (Å²) in [5.41, 5.74) is 0.944. The predicted octanol–water partition coefficient (Wildman–Crippen LogP) is 2.86. The Bertz CT molecular complexity index is 787. The van der Waals surface area contributed by atoms with E-state index in [0.29, 0.717) is 18.9 Å². The van der Waals surface area contributed by atoms with Crippen LogP contribution in [0.2, 0.25) is 0 Å². The van der Waals surface area contributed by atoms with E-state index in [0.717, 1.165) is 41.7 Å². The van der Waals surface area contributed by atoms with E-state index >= 15 is 0 Å². The second-order valence-electron chi connectivity index (χ2n) is 8.45. The topological polar surface area (TPSA) is 78.5 Å². The van der Waals surface area contributed by atoms with Crippen LogP contribution >= 0.6 is 0 Å². The highest BCUT2D eigenvalue weighted by atomic mass is 16.2. The van der Waals surface area contributed by atoms with Gasteiger partial charge in [0.2, 0.25) is 5.91 Å². The van der Waals surface area contributed by atoms with Crippen LogP contribution in [-0.2, 0) is 21.5 Å². The summed E-state index contributed by atoms with van der Waals surface area (Å²) >= 11 is 0. The molecule has 3 aliphatic rings. The van der Waals surface area contributed by atoms with Gasteiger partial charge in [-0.15, -0.1) is 0 Å². The molecule has 6 heteroatoms. The number of aryl methyl sites for hydroxylation is 1. The molecule has 2 fully saturated rings.